The van der Waals surface area contributed by atoms with Crippen molar-refractivity contribution in [1.82, 2.24) is 24.8 Å². The van der Waals surface area contributed by atoms with Crippen LogP contribution in [0.25, 0.3) is 11.6 Å². The van der Waals surface area contributed by atoms with Gasteiger partial charge in [0.1, 0.15) is 18.1 Å². The van der Waals surface area contributed by atoms with Crippen LogP contribution in [0.1, 0.15) is 36.3 Å². The number of aromatic nitrogens is 4. The Morgan fingerprint density at radius 2 is 2.12 bits per heavy atom. The van der Waals surface area contributed by atoms with E-state index in [4.69, 9.17) is 21.2 Å². The summed E-state index contributed by atoms with van der Waals surface area (Å²) in [5, 5.41) is 17.2. The minimum Gasteiger partial charge on any atom is -0.395 e. The Morgan fingerprint density at radius 3 is 2.75 bits per heavy atom. The van der Waals surface area contributed by atoms with E-state index in [0.717, 1.165) is 10.7 Å². The molecule has 1 aliphatic rings. The lowest BCUT2D eigenvalue weighted by molar-refractivity contribution is -0.131. The highest BCUT2D eigenvalue weighted by atomic mass is 35.5. The molecule has 0 bridgehead atoms. The van der Waals surface area contributed by atoms with Crippen LogP contribution >= 0.6 is 11.6 Å². The standard InChI is InChI=1S/C20H19ClF3N5O3/c1-28(6-7-30)16(31)10-29-15(17(23)24)9-14(26-29)18-25-19(27-32-18)20(4-5-20)12-3-2-11(22)8-13(12)21/h2-3,8-9,17,30H,4-7,10H2,1H3. The minimum absolute atomic E-state index is 0.00216. The molecule has 0 spiro atoms. The van der Waals surface area contributed by atoms with Gasteiger partial charge in [-0.3, -0.25) is 9.48 Å². The zero-order valence-corrected chi connectivity index (χ0v) is 17.7. The molecule has 0 saturated heterocycles. The van der Waals surface area contributed by atoms with E-state index >= 15 is 0 Å². The van der Waals surface area contributed by atoms with Gasteiger partial charge in [-0.2, -0.15) is 10.1 Å². The van der Waals surface area contributed by atoms with Gasteiger partial charge in [0.15, 0.2) is 11.5 Å². The summed E-state index contributed by atoms with van der Waals surface area (Å²) in [6.07, 6.45) is -1.55. The van der Waals surface area contributed by atoms with E-state index in [1.54, 1.807) is 6.07 Å². The van der Waals surface area contributed by atoms with Crippen LogP contribution in [-0.2, 0) is 16.8 Å². The van der Waals surface area contributed by atoms with Gasteiger partial charge < -0.3 is 14.5 Å². The quantitative estimate of drug-likeness (QED) is 0.544. The van der Waals surface area contributed by atoms with Crippen molar-refractivity contribution >= 4 is 17.5 Å². The number of carbonyl (C=O) groups is 1. The van der Waals surface area contributed by atoms with Crippen LogP contribution < -0.4 is 0 Å². The van der Waals surface area contributed by atoms with Gasteiger partial charge in [-0.25, -0.2) is 13.2 Å². The average Bonchev–Trinajstić information content (AvgIpc) is 3.19. The van der Waals surface area contributed by atoms with E-state index in [9.17, 15) is 18.0 Å². The Labute approximate surface area is 185 Å². The molecule has 1 N–H and O–H groups in total. The monoisotopic (exact) mass is 469 g/mol. The lowest BCUT2D eigenvalue weighted by Gasteiger charge is -2.16. The van der Waals surface area contributed by atoms with E-state index in [1.165, 1.54) is 24.1 Å². The molecule has 2 aromatic heterocycles. The van der Waals surface area contributed by atoms with Crippen molar-refractivity contribution in [2.45, 2.75) is 31.2 Å². The van der Waals surface area contributed by atoms with Crippen LogP contribution in [-0.4, -0.2) is 56.0 Å². The maximum absolute atomic E-state index is 13.5. The summed E-state index contributed by atoms with van der Waals surface area (Å²) in [5.41, 5.74) is -0.459. The van der Waals surface area contributed by atoms with Crippen molar-refractivity contribution in [2.24, 2.45) is 0 Å². The zero-order chi connectivity index (χ0) is 23.0. The Balaban J connectivity index is 1.62. The smallest absolute Gasteiger partial charge is 0.280 e. The van der Waals surface area contributed by atoms with E-state index in [0.29, 0.717) is 24.2 Å². The number of hydrogen-bond donors (Lipinski definition) is 1. The van der Waals surface area contributed by atoms with E-state index in [-0.39, 0.29) is 29.8 Å². The number of benzene rings is 1. The fourth-order valence-corrected chi connectivity index (χ4v) is 3.85. The number of hydrogen-bond acceptors (Lipinski definition) is 6. The maximum Gasteiger partial charge on any atom is 0.280 e. The molecule has 170 valence electrons. The molecule has 12 heteroatoms. The van der Waals surface area contributed by atoms with Crippen LogP contribution in [0.15, 0.2) is 28.8 Å². The fraction of sp³-hybridized carbons (Fsp3) is 0.400. The van der Waals surface area contributed by atoms with E-state index in [2.05, 4.69) is 15.2 Å². The molecule has 1 aromatic carbocycles. The second-order valence-corrected chi connectivity index (χ2v) is 7.99. The summed E-state index contributed by atoms with van der Waals surface area (Å²) >= 11 is 6.21. The SMILES string of the molecule is CN(CCO)C(=O)Cn1nc(-c2nc(C3(c4ccc(F)cc4Cl)CC3)no2)cc1C(F)F. The number of amides is 1. The fourth-order valence-electron chi connectivity index (χ4n) is 3.50. The van der Waals surface area contributed by atoms with Crippen LogP contribution in [0.2, 0.25) is 5.02 Å². The molecule has 0 aliphatic heterocycles. The van der Waals surface area contributed by atoms with Crippen LogP contribution in [0.5, 0.6) is 0 Å². The first-order chi connectivity index (χ1) is 15.2. The molecule has 0 radical (unpaired) electrons. The molecule has 4 rings (SSSR count). The first-order valence-corrected chi connectivity index (χ1v) is 10.1. The van der Waals surface area contributed by atoms with Gasteiger partial charge in [-0.1, -0.05) is 22.8 Å². The number of aliphatic hydroxyl groups excluding tert-OH is 1. The zero-order valence-electron chi connectivity index (χ0n) is 16.9. The number of nitrogens with zero attached hydrogens (tertiary/aromatic N) is 5. The third-order valence-corrected chi connectivity index (χ3v) is 5.76. The van der Waals surface area contributed by atoms with Crippen molar-refractivity contribution < 1.29 is 27.6 Å². The Morgan fingerprint density at radius 1 is 1.38 bits per heavy atom. The highest BCUT2D eigenvalue weighted by molar-refractivity contribution is 6.31. The Kier molecular flexibility index (Phi) is 5.95. The first kappa shape index (κ1) is 22.3. The number of halogens is 4. The highest BCUT2D eigenvalue weighted by Gasteiger charge is 2.51. The topological polar surface area (TPSA) is 97.3 Å². The number of aliphatic hydroxyl groups is 1. The summed E-state index contributed by atoms with van der Waals surface area (Å²) in [6, 6.07) is 5.16. The van der Waals surface area contributed by atoms with E-state index in [1.807, 2.05) is 0 Å². The Bertz CT molecular complexity index is 1150. The molecule has 1 saturated carbocycles. The predicted octanol–water partition coefficient (Wildman–Crippen LogP) is 3.19. The molecule has 0 atom stereocenters. The minimum atomic E-state index is -2.89. The summed E-state index contributed by atoms with van der Waals surface area (Å²) < 4.78 is 46.6. The van der Waals surface area contributed by atoms with Gasteiger partial charge in [0, 0.05) is 18.6 Å². The van der Waals surface area contributed by atoms with Crippen molar-refractivity contribution in [1.29, 1.82) is 0 Å². The molecule has 8 nitrogen and oxygen atoms in total. The molecule has 1 fully saturated rings. The number of likely N-dealkylation sites (N-methyl/N-ethyl adjacent to an activating group) is 1. The molecular formula is C20H19ClF3N5O3. The lowest BCUT2D eigenvalue weighted by atomic mass is 9.95. The average molecular weight is 470 g/mol. The highest BCUT2D eigenvalue weighted by Crippen LogP contribution is 2.54. The maximum atomic E-state index is 13.5. The van der Waals surface area contributed by atoms with Crippen LogP contribution in [0, 0.1) is 5.82 Å². The van der Waals surface area contributed by atoms with Crippen LogP contribution in [0.4, 0.5) is 13.2 Å². The summed E-state index contributed by atoms with van der Waals surface area (Å²) in [6.45, 7) is -0.622. The number of carbonyl (C=O) groups excluding carboxylic acids is 1. The molecule has 1 aliphatic carbocycles. The number of alkyl halides is 2. The summed E-state index contributed by atoms with van der Waals surface area (Å²) in [7, 11) is 1.45. The van der Waals surface area contributed by atoms with Gasteiger partial charge in [0.05, 0.1) is 12.0 Å². The lowest BCUT2D eigenvalue weighted by Crippen LogP contribution is -2.33. The summed E-state index contributed by atoms with van der Waals surface area (Å²) in [4.78, 5) is 17.7. The molecule has 0 unspecified atom stereocenters. The summed E-state index contributed by atoms with van der Waals surface area (Å²) in [5.74, 6) is -0.744. The molecule has 2 heterocycles. The van der Waals surface area contributed by atoms with Crippen molar-refractivity contribution in [3.8, 4) is 11.6 Å². The van der Waals surface area contributed by atoms with Crippen molar-refractivity contribution in [3.63, 3.8) is 0 Å². The second kappa shape index (κ2) is 8.55. The van der Waals surface area contributed by atoms with Crippen molar-refractivity contribution in [2.75, 3.05) is 20.2 Å². The van der Waals surface area contributed by atoms with Crippen LogP contribution in [0.3, 0.4) is 0 Å². The van der Waals surface area contributed by atoms with Gasteiger partial charge >= 0.3 is 0 Å². The van der Waals surface area contributed by atoms with Gasteiger partial charge in [-0.05, 0) is 36.6 Å². The molecule has 3 aromatic rings. The molecule has 1 amide bonds. The van der Waals surface area contributed by atoms with Gasteiger partial charge in [0.25, 0.3) is 12.3 Å². The normalized spacial score (nSPS) is 14.7. The third-order valence-electron chi connectivity index (χ3n) is 5.45. The molecule has 32 heavy (non-hydrogen) atoms. The van der Waals surface area contributed by atoms with E-state index < -0.39 is 35.8 Å². The first-order valence-electron chi connectivity index (χ1n) is 9.76. The second-order valence-electron chi connectivity index (χ2n) is 7.58. The molecular weight excluding hydrogens is 451 g/mol. The van der Waals surface area contributed by atoms with Gasteiger partial charge in [-0.15, -0.1) is 0 Å². The van der Waals surface area contributed by atoms with Crippen molar-refractivity contribution in [3.05, 3.63) is 52.2 Å². The Hall–Kier alpha value is -2.92. The number of rotatable bonds is 8. The van der Waals surface area contributed by atoms with Gasteiger partial charge in [0.2, 0.25) is 5.91 Å². The predicted molar refractivity (Wildman–Crippen MR) is 107 cm³/mol. The third kappa shape index (κ3) is 4.09. The largest absolute Gasteiger partial charge is 0.395 e.